The fourth-order valence-corrected chi connectivity index (χ4v) is 7.85. The predicted molar refractivity (Wildman–Crippen MR) is 185 cm³/mol. The molecule has 0 saturated carbocycles. The van der Waals surface area contributed by atoms with Crippen LogP contribution in [0.25, 0.3) is 38.0 Å². The number of H-pyrrole nitrogens is 1. The Labute approximate surface area is 306 Å². The SMILES string of the molecule is O=C(NC(c1cc2ccccc2s1)C(F)(F)F)c1cc(-c2c[nH][n+]3cc(-c4ccc(OCC[NH+]5CCCCC5)cc4)cnc23)cs1.O=C([O-])C(F)(F)F. The van der Waals surface area contributed by atoms with Crippen LogP contribution < -0.4 is 24.6 Å². The molecule has 0 spiro atoms. The molecule has 1 atom stereocenters. The summed E-state index contributed by atoms with van der Waals surface area (Å²) in [7, 11) is 0. The van der Waals surface area contributed by atoms with E-state index in [-0.39, 0.29) is 9.75 Å². The van der Waals surface area contributed by atoms with Crippen molar-refractivity contribution in [2.75, 3.05) is 26.2 Å². The number of carboxylic acids is 1. The maximum Gasteiger partial charge on any atom is 0.430 e. The topological polar surface area (TPSA) is 116 Å². The summed E-state index contributed by atoms with van der Waals surface area (Å²) in [5, 5.41) is 16.6. The van der Waals surface area contributed by atoms with Crippen LogP contribution in [0.4, 0.5) is 26.3 Å². The van der Waals surface area contributed by atoms with Crippen LogP contribution >= 0.6 is 22.7 Å². The number of thiophene rings is 2. The number of amides is 1. The van der Waals surface area contributed by atoms with E-state index in [4.69, 9.17) is 14.6 Å². The molecule has 0 radical (unpaired) electrons. The molecule has 5 heterocycles. The third-order valence-electron chi connectivity index (χ3n) is 8.58. The van der Waals surface area contributed by atoms with Crippen LogP contribution in [-0.2, 0) is 4.79 Å². The van der Waals surface area contributed by atoms with Crippen LogP contribution in [0.3, 0.4) is 0 Å². The Kier molecular flexibility index (Phi) is 11.3. The van der Waals surface area contributed by atoms with E-state index in [9.17, 15) is 31.1 Å². The molecule has 4 aromatic heterocycles. The summed E-state index contributed by atoms with van der Waals surface area (Å²) in [5.41, 5.74) is 3.94. The molecule has 7 rings (SSSR count). The van der Waals surface area contributed by atoms with Gasteiger partial charge in [0, 0.05) is 15.1 Å². The molecule has 17 heteroatoms. The largest absolute Gasteiger partial charge is 0.542 e. The summed E-state index contributed by atoms with van der Waals surface area (Å²) in [6.07, 6.45) is -0.421. The first-order valence-electron chi connectivity index (χ1n) is 16.4. The van der Waals surface area contributed by atoms with Gasteiger partial charge in [-0.15, -0.1) is 27.2 Å². The second kappa shape index (κ2) is 15.9. The normalized spacial score (nSPS) is 14.5. The molecule has 1 aliphatic heterocycles. The Morgan fingerprint density at radius 1 is 0.981 bits per heavy atom. The predicted octanol–water partition coefficient (Wildman–Crippen LogP) is 5.54. The van der Waals surface area contributed by atoms with Crippen molar-refractivity contribution in [3.63, 3.8) is 0 Å². The van der Waals surface area contributed by atoms with Crippen molar-refractivity contribution in [1.29, 1.82) is 0 Å². The van der Waals surface area contributed by atoms with Gasteiger partial charge in [-0.2, -0.15) is 26.3 Å². The quantitative estimate of drug-likeness (QED) is 0.132. The number of hydrogen-bond acceptors (Lipinski definition) is 7. The van der Waals surface area contributed by atoms with Gasteiger partial charge in [0.25, 0.3) is 5.91 Å². The maximum absolute atomic E-state index is 14.1. The van der Waals surface area contributed by atoms with E-state index in [0.29, 0.717) is 23.2 Å². The number of fused-ring (bicyclic) bond motifs is 2. The molecule has 0 aliphatic carbocycles. The van der Waals surface area contributed by atoms with Gasteiger partial charge in [-0.3, -0.25) is 4.79 Å². The van der Waals surface area contributed by atoms with Gasteiger partial charge in [0.2, 0.25) is 0 Å². The Bertz CT molecular complexity index is 2160. The monoisotopic (exact) mass is 776 g/mol. The number of ether oxygens (including phenoxy) is 1. The molecule has 9 nitrogen and oxygen atoms in total. The lowest BCUT2D eigenvalue weighted by Crippen LogP contribution is -3.13. The minimum absolute atomic E-state index is 0.0442. The summed E-state index contributed by atoms with van der Waals surface area (Å²) < 4.78 is 82.3. The molecule has 1 fully saturated rings. The van der Waals surface area contributed by atoms with E-state index in [0.717, 1.165) is 56.4 Å². The number of likely N-dealkylation sites (tertiary alicyclic amines) is 1. The van der Waals surface area contributed by atoms with Gasteiger partial charge in [0.15, 0.2) is 12.2 Å². The highest BCUT2D eigenvalue weighted by Crippen LogP contribution is 2.39. The number of carbonyl (C=O) groups is 2. The van der Waals surface area contributed by atoms with Crippen molar-refractivity contribution in [1.82, 2.24) is 15.4 Å². The minimum atomic E-state index is -5.19. The second-order valence-electron chi connectivity index (χ2n) is 12.3. The summed E-state index contributed by atoms with van der Waals surface area (Å²) in [5.74, 6) is -2.95. The maximum atomic E-state index is 14.1. The molecule has 0 bridgehead atoms. The molecule has 2 aromatic carbocycles. The standard InChI is InChI=1S/C34H30F3N5O2S2.C2HF3O2/c35-34(36,37)31(29-16-23-6-2-3-7-28(23)46-29)40-33(43)30-17-24(21-45-30)27-19-39-42-20-25(18-38-32(27)42)22-8-10-26(11-9-22)44-15-14-41-12-4-1-5-13-41;3-2(4,5)1(6)7/h2-3,6-11,16-21,31H,1,4-5,12-15H2,(H,40,43);(H,6,7)/p+1. The average Bonchev–Trinajstić information content (AvgIpc) is 3.89. The van der Waals surface area contributed by atoms with E-state index in [1.165, 1.54) is 38.4 Å². The van der Waals surface area contributed by atoms with Crippen LogP contribution in [0, 0.1) is 0 Å². The number of benzene rings is 2. The van der Waals surface area contributed by atoms with Crippen molar-refractivity contribution in [3.8, 4) is 28.0 Å². The first-order valence-corrected chi connectivity index (χ1v) is 18.1. The number of aromatic nitrogens is 3. The third kappa shape index (κ3) is 9.33. The Morgan fingerprint density at radius 2 is 1.70 bits per heavy atom. The van der Waals surface area contributed by atoms with Crippen molar-refractivity contribution in [3.05, 3.63) is 94.4 Å². The fourth-order valence-electron chi connectivity index (χ4n) is 5.90. The number of carbonyl (C=O) groups excluding carboxylic acids is 2. The zero-order chi connectivity index (χ0) is 37.8. The van der Waals surface area contributed by atoms with E-state index < -0.39 is 30.3 Å². The van der Waals surface area contributed by atoms with Crippen molar-refractivity contribution >= 4 is 50.3 Å². The average molecular weight is 777 g/mol. The van der Waals surface area contributed by atoms with Gasteiger partial charge in [-0.05, 0) is 70.9 Å². The van der Waals surface area contributed by atoms with Crippen molar-refractivity contribution < 1.29 is 55.2 Å². The molecular weight excluding hydrogens is 745 g/mol. The first-order chi connectivity index (χ1) is 25.3. The van der Waals surface area contributed by atoms with Crippen molar-refractivity contribution in [2.24, 2.45) is 0 Å². The summed E-state index contributed by atoms with van der Waals surface area (Å²) >= 11 is 2.12. The third-order valence-corrected chi connectivity index (χ3v) is 10.7. The molecule has 278 valence electrons. The van der Waals surface area contributed by atoms with E-state index in [1.54, 1.807) is 57.5 Å². The van der Waals surface area contributed by atoms with Crippen LogP contribution in [0.5, 0.6) is 5.75 Å². The number of rotatable bonds is 9. The van der Waals surface area contributed by atoms with Crippen LogP contribution in [0.2, 0.25) is 0 Å². The highest BCUT2D eigenvalue weighted by atomic mass is 32.1. The molecule has 53 heavy (non-hydrogen) atoms. The number of carboxylic acid groups (broad SMARTS) is 1. The minimum Gasteiger partial charge on any atom is -0.542 e. The van der Waals surface area contributed by atoms with Crippen LogP contribution in [0.1, 0.15) is 39.9 Å². The molecule has 1 amide bonds. The fraction of sp³-hybridized carbons (Fsp3) is 0.278. The number of nitrogens with zero attached hydrogens (tertiary/aromatic N) is 2. The van der Waals surface area contributed by atoms with Gasteiger partial charge < -0.3 is 24.9 Å². The number of alkyl halides is 6. The summed E-state index contributed by atoms with van der Waals surface area (Å²) in [6, 6.07) is 16.0. The van der Waals surface area contributed by atoms with Gasteiger partial charge in [-0.1, -0.05) is 30.3 Å². The number of halogens is 6. The molecular formula is C36H32F6N5O4S2+. The van der Waals surface area contributed by atoms with Crippen molar-refractivity contribution in [2.45, 2.75) is 37.7 Å². The lowest BCUT2D eigenvalue weighted by atomic mass is 10.1. The summed E-state index contributed by atoms with van der Waals surface area (Å²) in [6.45, 7) is 4.18. The van der Waals surface area contributed by atoms with Gasteiger partial charge >= 0.3 is 18.0 Å². The highest BCUT2D eigenvalue weighted by Gasteiger charge is 2.43. The Balaban J connectivity index is 0.000000626. The number of hydrogen-bond donors (Lipinski definition) is 3. The summed E-state index contributed by atoms with van der Waals surface area (Å²) in [4.78, 5) is 28.4. The second-order valence-corrected chi connectivity index (χ2v) is 14.3. The lowest BCUT2D eigenvalue weighted by molar-refractivity contribution is -0.904. The zero-order valence-corrected chi connectivity index (χ0v) is 29.4. The molecule has 1 aliphatic rings. The van der Waals surface area contributed by atoms with Gasteiger partial charge in [0.1, 0.15) is 31.1 Å². The van der Waals surface area contributed by atoms with E-state index in [1.807, 2.05) is 30.5 Å². The van der Waals surface area contributed by atoms with Gasteiger partial charge in [-0.25, -0.2) is 5.10 Å². The number of aliphatic carboxylic acids is 1. The van der Waals surface area contributed by atoms with Gasteiger partial charge in [0.05, 0.1) is 35.3 Å². The smallest absolute Gasteiger partial charge is 0.430 e. The van der Waals surface area contributed by atoms with Crippen LogP contribution in [0.15, 0.2) is 84.6 Å². The lowest BCUT2D eigenvalue weighted by Gasteiger charge is -2.23. The molecule has 6 aromatic rings. The number of aromatic amines is 1. The number of piperidine rings is 1. The first kappa shape index (κ1) is 37.7. The Hall–Kier alpha value is -5.00. The molecule has 1 unspecified atom stereocenters. The number of quaternary nitrogens is 1. The number of nitrogens with one attached hydrogen (secondary N) is 3. The van der Waals surface area contributed by atoms with E-state index in [2.05, 4.69) is 15.4 Å². The van der Waals surface area contributed by atoms with E-state index >= 15 is 0 Å². The highest BCUT2D eigenvalue weighted by molar-refractivity contribution is 7.19. The Morgan fingerprint density at radius 3 is 2.38 bits per heavy atom. The molecule has 3 N–H and O–H groups in total. The molecule has 1 saturated heterocycles. The zero-order valence-electron chi connectivity index (χ0n) is 27.7. The van der Waals surface area contributed by atoms with Crippen LogP contribution in [-0.4, -0.2) is 60.6 Å².